The van der Waals surface area contributed by atoms with Gasteiger partial charge in [0.05, 0.1) is 4.90 Å². The molecule has 19 heavy (non-hydrogen) atoms. The smallest absolute Gasteiger partial charge is 0.240 e. The van der Waals surface area contributed by atoms with Gasteiger partial charge in [-0.25, -0.2) is 13.1 Å². The monoisotopic (exact) mass is 284 g/mol. The van der Waals surface area contributed by atoms with Crippen molar-refractivity contribution in [1.82, 2.24) is 10.0 Å². The number of rotatable bonds is 7. The van der Waals surface area contributed by atoms with Crippen molar-refractivity contribution in [3.63, 3.8) is 0 Å². The molecule has 2 N–H and O–H groups in total. The quantitative estimate of drug-likeness (QED) is 0.806. The predicted octanol–water partition coefficient (Wildman–Crippen LogP) is 2.09. The van der Waals surface area contributed by atoms with Gasteiger partial charge in [0.15, 0.2) is 0 Å². The molecule has 4 nitrogen and oxygen atoms in total. The van der Waals surface area contributed by atoms with E-state index in [1.54, 1.807) is 19.1 Å². The highest BCUT2D eigenvalue weighted by Crippen LogP contribution is 2.29. The summed E-state index contributed by atoms with van der Waals surface area (Å²) in [5.41, 5.74) is 0.882. The molecule has 2 atom stereocenters. The third-order valence-corrected chi connectivity index (χ3v) is 5.06. The molecule has 0 bridgehead atoms. The number of benzene rings is 1. The Hall–Kier alpha value is -0.910. The standard InChI is InChI=1S/C14H24N2O2S/c1-5-12(11(3)15-4)13-9-7-8-10-14(13)19(17,18)16-6-2/h7-12,15-16H,5-6H2,1-4H3. The third kappa shape index (κ3) is 3.78. The van der Waals surface area contributed by atoms with Gasteiger partial charge in [-0.05, 0) is 32.0 Å². The van der Waals surface area contributed by atoms with Crippen LogP contribution in [-0.4, -0.2) is 28.1 Å². The predicted molar refractivity (Wildman–Crippen MR) is 78.9 cm³/mol. The van der Waals surface area contributed by atoms with E-state index in [1.807, 2.05) is 19.2 Å². The summed E-state index contributed by atoms with van der Waals surface area (Å²) in [6.45, 7) is 6.34. The molecule has 0 aromatic heterocycles. The molecule has 108 valence electrons. The first kappa shape index (κ1) is 16.1. The SMILES string of the molecule is CCNS(=O)(=O)c1ccccc1C(CC)C(C)NC. The van der Waals surface area contributed by atoms with Crippen molar-refractivity contribution < 1.29 is 8.42 Å². The summed E-state index contributed by atoms with van der Waals surface area (Å²) in [6, 6.07) is 7.48. The molecule has 0 aliphatic heterocycles. The fraction of sp³-hybridized carbons (Fsp3) is 0.571. The molecule has 0 amide bonds. The minimum Gasteiger partial charge on any atom is -0.317 e. The molecule has 0 fully saturated rings. The molecule has 0 radical (unpaired) electrons. The number of hydrogen-bond acceptors (Lipinski definition) is 3. The maximum atomic E-state index is 12.3. The van der Waals surface area contributed by atoms with Crippen LogP contribution >= 0.6 is 0 Å². The van der Waals surface area contributed by atoms with Gasteiger partial charge in [0.25, 0.3) is 0 Å². The molecule has 1 aromatic carbocycles. The zero-order chi connectivity index (χ0) is 14.5. The zero-order valence-corrected chi connectivity index (χ0v) is 12.9. The lowest BCUT2D eigenvalue weighted by atomic mass is 9.90. The normalized spacial score (nSPS) is 15.2. The van der Waals surface area contributed by atoms with Crippen LogP contribution in [0.3, 0.4) is 0 Å². The molecule has 2 unspecified atom stereocenters. The summed E-state index contributed by atoms with van der Waals surface area (Å²) >= 11 is 0. The van der Waals surface area contributed by atoms with Crippen LogP contribution in [0.4, 0.5) is 0 Å². The number of hydrogen-bond donors (Lipinski definition) is 2. The van der Waals surface area contributed by atoms with Crippen LogP contribution in [0.2, 0.25) is 0 Å². The second kappa shape index (κ2) is 7.03. The van der Waals surface area contributed by atoms with Gasteiger partial charge in [-0.1, -0.05) is 32.0 Å². The van der Waals surface area contributed by atoms with E-state index in [9.17, 15) is 8.42 Å². The third-order valence-electron chi connectivity index (χ3n) is 3.44. The first-order valence-corrected chi connectivity index (χ1v) is 8.22. The first-order valence-electron chi connectivity index (χ1n) is 6.73. The van der Waals surface area contributed by atoms with E-state index < -0.39 is 10.0 Å². The van der Waals surface area contributed by atoms with Gasteiger partial charge in [0.1, 0.15) is 0 Å². The van der Waals surface area contributed by atoms with E-state index in [-0.39, 0.29) is 12.0 Å². The van der Waals surface area contributed by atoms with E-state index in [0.717, 1.165) is 12.0 Å². The summed E-state index contributed by atoms with van der Waals surface area (Å²) in [6.07, 6.45) is 0.890. The summed E-state index contributed by atoms with van der Waals surface area (Å²) in [5, 5.41) is 3.21. The summed E-state index contributed by atoms with van der Waals surface area (Å²) in [4.78, 5) is 0.394. The number of nitrogens with one attached hydrogen (secondary N) is 2. The van der Waals surface area contributed by atoms with Gasteiger partial charge in [0, 0.05) is 18.5 Å². The maximum Gasteiger partial charge on any atom is 0.240 e. The Morgan fingerprint density at radius 3 is 2.37 bits per heavy atom. The lowest BCUT2D eigenvalue weighted by molar-refractivity contribution is 0.476. The van der Waals surface area contributed by atoms with Crippen molar-refractivity contribution in [3.05, 3.63) is 29.8 Å². The van der Waals surface area contributed by atoms with Crippen LogP contribution in [0.5, 0.6) is 0 Å². The summed E-state index contributed by atoms with van der Waals surface area (Å²) < 4.78 is 27.1. The van der Waals surface area contributed by atoms with Crippen LogP contribution in [-0.2, 0) is 10.0 Å². The number of likely N-dealkylation sites (N-methyl/N-ethyl adjacent to an activating group) is 1. The molecule has 0 aliphatic rings. The molecule has 0 saturated carbocycles. The van der Waals surface area contributed by atoms with Crippen LogP contribution in [0.25, 0.3) is 0 Å². The summed E-state index contributed by atoms with van der Waals surface area (Å²) in [7, 11) is -1.52. The highest BCUT2D eigenvalue weighted by molar-refractivity contribution is 7.89. The molecule has 0 aliphatic carbocycles. The Kier molecular flexibility index (Phi) is 5.97. The molecule has 0 saturated heterocycles. The zero-order valence-electron chi connectivity index (χ0n) is 12.1. The second-order valence-corrected chi connectivity index (χ2v) is 6.37. The fourth-order valence-electron chi connectivity index (χ4n) is 2.34. The summed E-state index contributed by atoms with van der Waals surface area (Å²) in [5.74, 6) is 0.176. The topological polar surface area (TPSA) is 58.2 Å². The van der Waals surface area contributed by atoms with Crippen LogP contribution in [0, 0.1) is 0 Å². The van der Waals surface area contributed by atoms with Crippen molar-refractivity contribution in [3.8, 4) is 0 Å². The van der Waals surface area contributed by atoms with Crippen molar-refractivity contribution in [2.75, 3.05) is 13.6 Å². The molecular formula is C14H24N2O2S. The number of sulfonamides is 1. The lowest BCUT2D eigenvalue weighted by Crippen LogP contribution is -2.31. The Morgan fingerprint density at radius 1 is 1.21 bits per heavy atom. The van der Waals surface area contributed by atoms with Crippen LogP contribution < -0.4 is 10.0 Å². The van der Waals surface area contributed by atoms with Crippen LogP contribution in [0.1, 0.15) is 38.7 Å². The van der Waals surface area contributed by atoms with Gasteiger partial charge in [-0.2, -0.15) is 0 Å². The Morgan fingerprint density at radius 2 is 1.84 bits per heavy atom. The first-order chi connectivity index (χ1) is 8.97. The average Bonchev–Trinajstić information content (AvgIpc) is 2.39. The van der Waals surface area contributed by atoms with Crippen molar-refractivity contribution >= 4 is 10.0 Å². The Labute approximate surface area is 116 Å². The van der Waals surface area contributed by atoms with Crippen LogP contribution in [0.15, 0.2) is 29.2 Å². The Bertz CT molecular complexity index is 500. The van der Waals surface area contributed by atoms with Crippen molar-refractivity contribution in [2.24, 2.45) is 0 Å². The minimum atomic E-state index is -3.42. The average molecular weight is 284 g/mol. The van der Waals surface area contributed by atoms with E-state index in [1.165, 1.54) is 0 Å². The van der Waals surface area contributed by atoms with Gasteiger partial charge in [-0.15, -0.1) is 0 Å². The molecule has 0 heterocycles. The Balaban J connectivity index is 3.29. The molecule has 1 rings (SSSR count). The van der Waals surface area contributed by atoms with Crippen molar-refractivity contribution in [1.29, 1.82) is 0 Å². The van der Waals surface area contributed by atoms with Crippen molar-refractivity contribution in [2.45, 2.75) is 44.0 Å². The highest BCUT2D eigenvalue weighted by atomic mass is 32.2. The largest absolute Gasteiger partial charge is 0.317 e. The second-order valence-electron chi connectivity index (χ2n) is 4.63. The maximum absolute atomic E-state index is 12.3. The van der Waals surface area contributed by atoms with E-state index in [2.05, 4.69) is 23.9 Å². The van der Waals surface area contributed by atoms with E-state index in [4.69, 9.17) is 0 Å². The van der Waals surface area contributed by atoms with Gasteiger partial charge >= 0.3 is 0 Å². The molecule has 1 aromatic rings. The lowest BCUT2D eigenvalue weighted by Gasteiger charge is -2.25. The van der Waals surface area contributed by atoms with E-state index in [0.29, 0.717) is 11.4 Å². The van der Waals surface area contributed by atoms with Gasteiger partial charge in [-0.3, -0.25) is 0 Å². The molecule has 5 heteroatoms. The highest BCUT2D eigenvalue weighted by Gasteiger charge is 2.24. The fourth-order valence-corrected chi connectivity index (χ4v) is 3.67. The van der Waals surface area contributed by atoms with E-state index >= 15 is 0 Å². The minimum absolute atomic E-state index is 0.176. The molecule has 0 spiro atoms. The van der Waals surface area contributed by atoms with Gasteiger partial charge < -0.3 is 5.32 Å². The molecular weight excluding hydrogens is 260 g/mol. The van der Waals surface area contributed by atoms with Gasteiger partial charge in [0.2, 0.25) is 10.0 Å².